The van der Waals surface area contributed by atoms with Gasteiger partial charge in [0, 0.05) is 25.8 Å². The lowest BCUT2D eigenvalue weighted by Crippen LogP contribution is -2.39. The van der Waals surface area contributed by atoms with Gasteiger partial charge in [0.1, 0.15) is 6.10 Å². The summed E-state index contributed by atoms with van der Waals surface area (Å²) in [5.41, 5.74) is 2.80. The zero-order chi connectivity index (χ0) is 18.0. The quantitative estimate of drug-likeness (QED) is 0.810. The van der Waals surface area contributed by atoms with E-state index in [2.05, 4.69) is 5.32 Å². The van der Waals surface area contributed by atoms with E-state index in [4.69, 9.17) is 4.74 Å². The molecule has 6 heteroatoms. The van der Waals surface area contributed by atoms with E-state index in [1.54, 1.807) is 12.1 Å². The number of carbonyl (C=O) groups excluding carboxylic acids is 3. The molecule has 0 bridgehead atoms. The summed E-state index contributed by atoms with van der Waals surface area (Å²) in [6.45, 7) is 2.65. The Labute approximate surface area is 145 Å². The van der Waals surface area contributed by atoms with Crippen molar-refractivity contribution >= 4 is 29.3 Å². The first-order valence-electron chi connectivity index (χ1n) is 7.93. The minimum absolute atomic E-state index is 0.390. The monoisotopic (exact) mass is 338 g/mol. The smallest absolute Gasteiger partial charge is 0.333 e. The minimum atomic E-state index is -0.545. The molecule has 1 atom stereocenters. The average molecular weight is 338 g/mol. The second-order valence-corrected chi connectivity index (χ2v) is 5.81. The van der Waals surface area contributed by atoms with Gasteiger partial charge in [0.2, 0.25) is 5.91 Å². The van der Waals surface area contributed by atoms with Gasteiger partial charge < -0.3 is 4.74 Å². The van der Waals surface area contributed by atoms with Crippen LogP contribution in [0.15, 0.2) is 48.5 Å². The van der Waals surface area contributed by atoms with Crippen LogP contribution in [0, 0.1) is 0 Å². The number of para-hydroxylation sites is 2. The highest BCUT2D eigenvalue weighted by molar-refractivity contribution is 6.07. The van der Waals surface area contributed by atoms with Crippen LogP contribution in [0.3, 0.4) is 0 Å². The lowest BCUT2D eigenvalue weighted by Gasteiger charge is -2.24. The Hall–Kier alpha value is -3.15. The summed E-state index contributed by atoms with van der Waals surface area (Å²) in [4.78, 5) is 37.1. The summed E-state index contributed by atoms with van der Waals surface area (Å²) in [5.74, 6) is -0.834. The molecule has 0 saturated carbocycles. The molecule has 1 aliphatic rings. The molecule has 1 heterocycles. The molecular formula is C19H18N2O4. The predicted octanol–water partition coefficient (Wildman–Crippen LogP) is 3.24. The Morgan fingerprint density at radius 1 is 1.00 bits per heavy atom. The molecule has 0 radical (unpaired) electrons. The van der Waals surface area contributed by atoms with E-state index in [9.17, 15) is 14.4 Å². The summed E-state index contributed by atoms with van der Waals surface area (Å²) >= 11 is 0. The maximum absolute atomic E-state index is 12.7. The number of ether oxygens (including phenoxy) is 1. The Morgan fingerprint density at radius 2 is 1.64 bits per heavy atom. The van der Waals surface area contributed by atoms with Crippen molar-refractivity contribution in [3.8, 4) is 0 Å². The molecule has 0 spiro atoms. The highest BCUT2D eigenvalue weighted by Gasteiger charge is 2.31. The van der Waals surface area contributed by atoms with Gasteiger partial charge in [-0.15, -0.1) is 0 Å². The molecule has 0 aromatic heterocycles. The van der Waals surface area contributed by atoms with Gasteiger partial charge in [-0.2, -0.15) is 0 Å². The van der Waals surface area contributed by atoms with Crippen LogP contribution in [0.25, 0.3) is 0 Å². The van der Waals surface area contributed by atoms with Gasteiger partial charge in [-0.1, -0.05) is 36.4 Å². The van der Waals surface area contributed by atoms with Gasteiger partial charge in [-0.25, -0.2) is 4.79 Å². The fraction of sp³-hybridized carbons (Fsp3) is 0.211. The molecule has 2 aromatic carbocycles. The van der Waals surface area contributed by atoms with Gasteiger partial charge >= 0.3 is 12.0 Å². The van der Waals surface area contributed by atoms with Crippen LogP contribution in [-0.2, 0) is 20.7 Å². The molecule has 128 valence electrons. The number of benzene rings is 2. The number of nitrogens with zero attached hydrogens (tertiary/aromatic N) is 1. The lowest BCUT2D eigenvalue weighted by molar-refractivity contribution is -0.146. The molecule has 1 aliphatic heterocycles. The zero-order valence-corrected chi connectivity index (χ0v) is 14.0. The highest BCUT2D eigenvalue weighted by atomic mass is 16.5. The Balaban J connectivity index is 2.19. The van der Waals surface area contributed by atoms with E-state index in [0.717, 1.165) is 5.56 Å². The van der Waals surface area contributed by atoms with Crippen molar-refractivity contribution in [1.29, 1.82) is 0 Å². The van der Waals surface area contributed by atoms with Crippen LogP contribution in [0.5, 0.6) is 0 Å². The average Bonchev–Trinajstić information content (AvgIpc) is 2.68. The number of nitrogens with one attached hydrogen (secondary N) is 1. The summed E-state index contributed by atoms with van der Waals surface area (Å²) in [6, 6.07) is 14.0. The number of carbonyl (C=O) groups is 3. The van der Waals surface area contributed by atoms with E-state index in [0.29, 0.717) is 23.4 Å². The zero-order valence-electron chi connectivity index (χ0n) is 14.0. The van der Waals surface area contributed by atoms with Crippen molar-refractivity contribution in [2.75, 3.05) is 4.90 Å². The van der Waals surface area contributed by atoms with Crippen molar-refractivity contribution in [2.24, 2.45) is 0 Å². The first-order chi connectivity index (χ1) is 12.0. The molecule has 3 amide bonds. The Bertz CT molecular complexity index is 847. The number of fused-ring (bicyclic) bond motifs is 2. The molecular weight excluding hydrogens is 320 g/mol. The van der Waals surface area contributed by atoms with E-state index >= 15 is 0 Å². The van der Waals surface area contributed by atoms with Gasteiger partial charge in [-0.05, 0) is 17.7 Å². The fourth-order valence-corrected chi connectivity index (χ4v) is 3.04. The molecule has 3 rings (SSSR count). The maximum Gasteiger partial charge on any atom is 0.333 e. The second-order valence-electron chi connectivity index (χ2n) is 5.81. The van der Waals surface area contributed by atoms with Crippen LogP contribution < -0.4 is 10.2 Å². The Kier molecular flexibility index (Phi) is 4.52. The molecule has 0 unspecified atom stereocenters. The summed E-state index contributed by atoms with van der Waals surface area (Å²) < 4.78 is 5.50. The van der Waals surface area contributed by atoms with Crippen molar-refractivity contribution < 1.29 is 19.1 Å². The fourth-order valence-electron chi connectivity index (χ4n) is 3.04. The van der Waals surface area contributed by atoms with Gasteiger partial charge in [-0.3, -0.25) is 19.8 Å². The topological polar surface area (TPSA) is 75.7 Å². The van der Waals surface area contributed by atoms with E-state index < -0.39 is 18.0 Å². The van der Waals surface area contributed by atoms with E-state index in [1.807, 2.05) is 36.4 Å². The lowest BCUT2D eigenvalue weighted by atomic mass is 10.0. The summed E-state index contributed by atoms with van der Waals surface area (Å²) in [7, 11) is 0. The molecule has 0 saturated heterocycles. The number of rotatable bonds is 1. The first-order valence-corrected chi connectivity index (χ1v) is 7.93. The number of hydrogen-bond acceptors (Lipinski definition) is 4. The standard InChI is InChI=1S/C19H18N2O4/c1-12(22)20-19(24)21-16-9-5-3-7-14(16)11-18(25-13(2)23)15-8-4-6-10-17(15)21/h3-10,18H,11H2,1-2H3,(H,20,22,24)/t18-/m0/s1. The molecule has 2 aromatic rings. The van der Waals surface area contributed by atoms with Crippen molar-refractivity contribution in [3.63, 3.8) is 0 Å². The van der Waals surface area contributed by atoms with Crippen LogP contribution in [0.2, 0.25) is 0 Å². The molecule has 6 nitrogen and oxygen atoms in total. The number of amides is 3. The van der Waals surface area contributed by atoms with Crippen molar-refractivity contribution in [1.82, 2.24) is 5.32 Å². The van der Waals surface area contributed by atoms with Crippen LogP contribution in [0.1, 0.15) is 31.1 Å². The maximum atomic E-state index is 12.7. The summed E-state index contributed by atoms with van der Waals surface area (Å²) in [6.07, 6.45) is -0.0682. The third kappa shape index (κ3) is 3.38. The largest absolute Gasteiger partial charge is 0.457 e. The third-order valence-corrected chi connectivity index (χ3v) is 3.96. The van der Waals surface area contributed by atoms with Crippen LogP contribution in [0.4, 0.5) is 16.2 Å². The third-order valence-electron chi connectivity index (χ3n) is 3.96. The van der Waals surface area contributed by atoms with Crippen LogP contribution >= 0.6 is 0 Å². The van der Waals surface area contributed by atoms with Gasteiger partial charge in [0.05, 0.1) is 11.4 Å². The summed E-state index contributed by atoms with van der Waals surface area (Å²) in [5, 5.41) is 2.32. The van der Waals surface area contributed by atoms with Crippen molar-refractivity contribution in [2.45, 2.75) is 26.4 Å². The van der Waals surface area contributed by atoms with Gasteiger partial charge in [0.25, 0.3) is 0 Å². The number of imide groups is 1. The molecule has 1 N–H and O–H groups in total. The minimum Gasteiger partial charge on any atom is -0.457 e. The normalized spacial score (nSPS) is 15.4. The predicted molar refractivity (Wildman–Crippen MR) is 92.4 cm³/mol. The molecule has 25 heavy (non-hydrogen) atoms. The number of hydrogen-bond donors (Lipinski definition) is 1. The highest BCUT2D eigenvalue weighted by Crippen LogP contribution is 2.41. The van der Waals surface area contributed by atoms with E-state index in [-0.39, 0.29) is 5.97 Å². The van der Waals surface area contributed by atoms with Crippen LogP contribution in [-0.4, -0.2) is 17.9 Å². The van der Waals surface area contributed by atoms with Gasteiger partial charge in [0.15, 0.2) is 0 Å². The first kappa shape index (κ1) is 16.7. The number of anilines is 2. The Morgan fingerprint density at radius 3 is 2.32 bits per heavy atom. The van der Waals surface area contributed by atoms with Crippen molar-refractivity contribution in [3.05, 3.63) is 59.7 Å². The SMILES string of the molecule is CC(=O)NC(=O)N1c2ccccc2C[C@H](OC(C)=O)c2ccccc21. The molecule has 0 aliphatic carbocycles. The number of urea groups is 1. The molecule has 0 fully saturated rings. The van der Waals surface area contributed by atoms with E-state index in [1.165, 1.54) is 18.7 Å². The second kappa shape index (κ2) is 6.76. The number of esters is 1.